The van der Waals surface area contributed by atoms with Gasteiger partial charge in [-0.3, -0.25) is 4.98 Å². The molecule has 1 N–H and O–H groups in total. The molecule has 0 saturated heterocycles. The molecular weight excluding hydrogens is 252 g/mol. The van der Waals surface area contributed by atoms with Crippen LogP contribution >= 0.6 is 0 Å². The van der Waals surface area contributed by atoms with Crippen LogP contribution in [0.5, 0.6) is 5.75 Å². The molecule has 0 unspecified atom stereocenters. The zero-order chi connectivity index (χ0) is 14.6. The maximum atomic E-state index is 5.49. The van der Waals surface area contributed by atoms with E-state index in [1.54, 1.807) is 14.2 Å². The normalized spacial score (nSPS) is 16.2. The first-order valence-electron chi connectivity index (χ1n) is 7.30. The average Bonchev–Trinajstić information content (AvgIpc) is 3.19. The van der Waals surface area contributed by atoms with Gasteiger partial charge in [0.2, 0.25) is 0 Å². The van der Waals surface area contributed by atoms with Crippen LogP contribution < -0.4 is 10.1 Å². The Balaban J connectivity index is 1.99. The summed E-state index contributed by atoms with van der Waals surface area (Å²) in [5.74, 6) is 0.984. The largest absolute Gasteiger partial charge is 0.496 e. The monoisotopic (exact) mass is 278 g/mol. The maximum absolute atomic E-state index is 5.49. The van der Waals surface area contributed by atoms with E-state index in [2.05, 4.69) is 17.2 Å². The summed E-state index contributed by atoms with van der Waals surface area (Å²) < 4.78 is 10.6. The first kappa shape index (κ1) is 15.3. The second-order valence-electron chi connectivity index (χ2n) is 5.89. The van der Waals surface area contributed by atoms with E-state index in [0.717, 1.165) is 37.4 Å². The highest BCUT2D eigenvalue weighted by Gasteiger charge is 2.42. The van der Waals surface area contributed by atoms with Crippen molar-refractivity contribution < 1.29 is 9.47 Å². The summed E-state index contributed by atoms with van der Waals surface area (Å²) in [4.78, 5) is 4.62. The highest BCUT2D eigenvalue weighted by Crippen LogP contribution is 2.48. The van der Waals surface area contributed by atoms with Crippen LogP contribution in [0.4, 0.5) is 0 Å². The Morgan fingerprint density at radius 2 is 2.05 bits per heavy atom. The first-order chi connectivity index (χ1) is 9.62. The van der Waals surface area contributed by atoms with Crippen LogP contribution in [0.25, 0.3) is 0 Å². The molecule has 1 saturated carbocycles. The maximum Gasteiger partial charge on any atom is 0.128 e. The molecule has 0 aliphatic heterocycles. The highest BCUT2D eigenvalue weighted by molar-refractivity contribution is 5.41. The molecule has 2 rings (SSSR count). The smallest absolute Gasteiger partial charge is 0.128 e. The van der Waals surface area contributed by atoms with Gasteiger partial charge in [0.25, 0.3) is 0 Å². The Hall–Kier alpha value is -1.13. The molecule has 1 aromatic heterocycles. The number of aryl methyl sites for hydroxylation is 1. The van der Waals surface area contributed by atoms with Crippen molar-refractivity contribution in [1.29, 1.82) is 0 Å². The number of rotatable bonds is 8. The summed E-state index contributed by atoms with van der Waals surface area (Å²) in [5.41, 5.74) is 3.87. The van der Waals surface area contributed by atoms with E-state index in [0.29, 0.717) is 5.41 Å². The van der Waals surface area contributed by atoms with Crippen molar-refractivity contribution in [3.63, 3.8) is 0 Å². The van der Waals surface area contributed by atoms with Crippen molar-refractivity contribution in [3.05, 3.63) is 23.0 Å². The minimum Gasteiger partial charge on any atom is -0.496 e. The molecule has 0 aromatic carbocycles. The third-order valence-electron chi connectivity index (χ3n) is 4.23. The van der Waals surface area contributed by atoms with E-state index in [9.17, 15) is 0 Å². The number of nitrogens with zero attached hydrogens (tertiary/aromatic N) is 1. The lowest BCUT2D eigenvalue weighted by atomic mass is 9.96. The van der Waals surface area contributed by atoms with Crippen LogP contribution in [0.3, 0.4) is 0 Å². The number of hydrogen-bond donors (Lipinski definition) is 1. The van der Waals surface area contributed by atoms with Gasteiger partial charge in [0, 0.05) is 43.2 Å². The Morgan fingerprint density at radius 1 is 1.30 bits per heavy atom. The standard InChI is InChI=1S/C16H26N2O2/c1-12-10-18-14(13(2)15(12)20-4)9-16(5-6-16)11-17-7-8-19-3/h10,17H,5-9,11H2,1-4H3. The molecule has 0 bridgehead atoms. The van der Waals surface area contributed by atoms with Gasteiger partial charge in [0.05, 0.1) is 13.7 Å². The Bertz CT molecular complexity index is 456. The lowest BCUT2D eigenvalue weighted by molar-refractivity contribution is 0.197. The summed E-state index contributed by atoms with van der Waals surface area (Å²) in [5, 5.41) is 3.48. The van der Waals surface area contributed by atoms with Gasteiger partial charge in [0.1, 0.15) is 5.75 Å². The van der Waals surface area contributed by atoms with E-state index in [1.807, 2.05) is 13.1 Å². The average molecular weight is 278 g/mol. The predicted molar refractivity (Wildman–Crippen MR) is 80.4 cm³/mol. The Morgan fingerprint density at radius 3 is 2.65 bits per heavy atom. The van der Waals surface area contributed by atoms with E-state index < -0.39 is 0 Å². The molecule has 1 aliphatic rings. The number of pyridine rings is 1. The molecule has 0 spiro atoms. The van der Waals surface area contributed by atoms with Crippen LogP contribution in [0.15, 0.2) is 6.20 Å². The topological polar surface area (TPSA) is 43.4 Å². The van der Waals surface area contributed by atoms with Crippen LogP contribution in [-0.2, 0) is 11.2 Å². The van der Waals surface area contributed by atoms with E-state index in [4.69, 9.17) is 9.47 Å². The molecule has 0 atom stereocenters. The summed E-state index contributed by atoms with van der Waals surface area (Å²) >= 11 is 0. The van der Waals surface area contributed by atoms with Crippen LogP contribution in [-0.4, -0.2) is 38.9 Å². The number of methoxy groups -OCH3 is 2. The zero-order valence-corrected chi connectivity index (χ0v) is 13.1. The molecule has 0 radical (unpaired) electrons. The second-order valence-corrected chi connectivity index (χ2v) is 5.89. The fourth-order valence-corrected chi connectivity index (χ4v) is 2.73. The first-order valence-corrected chi connectivity index (χ1v) is 7.30. The van der Waals surface area contributed by atoms with Crippen molar-refractivity contribution in [3.8, 4) is 5.75 Å². The summed E-state index contributed by atoms with van der Waals surface area (Å²) in [6.07, 6.45) is 5.53. The molecule has 1 fully saturated rings. The molecular formula is C16H26N2O2. The molecule has 4 nitrogen and oxygen atoms in total. The quantitative estimate of drug-likeness (QED) is 0.741. The van der Waals surface area contributed by atoms with Crippen molar-refractivity contribution in [2.24, 2.45) is 5.41 Å². The third-order valence-corrected chi connectivity index (χ3v) is 4.23. The van der Waals surface area contributed by atoms with Crippen LogP contribution in [0, 0.1) is 19.3 Å². The van der Waals surface area contributed by atoms with Crippen molar-refractivity contribution >= 4 is 0 Å². The zero-order valence-electron chi connectivity index (χ0n) is 13.1. The second kappa shape index (κ2) is 6.55. The van der Waals surface area contributed by atoms with Crippen LogP contribution in [0.1, 0.15) is 29.7 Å². The van der Waals surface area contributed by atoms with Gasteiger partial charge in [-0.1, -0.05) is 0 Å². The van der Waals surface area contributed by atoms with Gasteiger partial charge in [-0.05, 0) is 38.5 Å². The van der Waals surface area contributed by atoms with E-state index >= 15 is 0 Å². The van der Waals surface area contributed by atoms with Crippen molar-refractivity contribution in [1.82, 2.24) is 10.3 Å². The van der Waals surface area contributed by atoms with Gasteiger partial charge in [-0.15, -0.1) is 0 Å². The lowest BCUT2D eigenvalue weighted by Gasteiger charge is -2.18. The molecule has 0 amide bonds. The summed E-state index contributed by atoms with van der Waals surface area (Å²) in [6, 6.07) is 0. The summed E-state index contributed by atoms with van der Waals surface area (Å²) in [7, 11) is 3.47. The van der Waals surface area contributed by atoms with Gasteiger partial charge >= 0.3 is 0 Å². The minimum absolute atomic E-state index is 0.395. The molecule has 1 aliphatic carbocycles. The highest BCUT2D eigenvalue weighted by atomic mass is 16.5. The fraction of sp³-hybridized carbons (Fsp3) is 0.688. The van der Waals surface area contributed by atoms with E-state index in [1.165, 1.54) is 24.1 Å². The van der Waals surface area contributed by atoms with E-state index in [-0.39, 0.29) is 0 Å². The minimum atomic E-state index is 0.395. The van der Waals surface area contributed by atoms with Crippen molar-refractivity contribution in [2.75, 3.05) is 33.9 Å². The Kier molecular flexibility index (Phi) is 5.00. The van der Waals surface area contributed by atoms with Gasteiger partial charge < -0.3 is 14.8 Å². The molecule has 112 valence electrons. The number of nitrogens with one attached hydrogen (secondary N) is 1. The molecule has 1 aromatic rings. The number of hydrogen-bond acceptors (Lipinski definition) is 4. The van der Waals surface area contributed by atoms with Gasteiger partial charge in [-0.2, -0.15) is 0 Å². The fourth-order valence-electron chi connectivity index (χ4n) is 2.73. The SMILES string of the molecule is COCCNCC1(Cc2ncc(C)c(OC)c2C)CC1. The van der Waals surface area contributed by atoms with Crippen LogP contribution in [0.2, 0.25) is 0 Å². The van der Waals surface area contributed by atoms with Crippen molar-refractivity contribution in [2.45, 2.75) is 33.1 Å². The molecule has 4 heteroatoms. The molecule has 1 heterocycles. The number of ether oxygens (including phenoxy) is 2. The Labute approximate surface area is 121 Å². The molecule has 20 heavy (non-hydrogen) atoms. The summed E-state index contributed by atoms with van der Waals surface area (Å²) in [6.45, 7) is 6.89. The van der Waals surface area contributed by atoms with Gasteiger partial charge in [0.15, 0.2) is 0 Å². The third kappa shape index (κ3) is 3.49. The lowest BCUT2D eigenvalue weighted by Crippen LogP contribution is -2.28. The predicted octanol–water partition coefficient (Wildman–Crippen LogP) is 2.27. The number of aromatic nitrogens is 1. The van der Waals surface area contributed by atoms with Gasteiger partial charge in [-0.25, -0.2) is 0 Å².